The standard InChI is InChI=1S/C28H44N4O5/c1-19(2)16-23-28(36)32(5)14-10-6-7-11-15-37-24-13-9-8-12-21(24)26(34)31-22(17-25(33)30-23)27(35)29-18-20(3)4/h8-9,12-13,19-20,22-23H,6-7,10-11,14-18H2,1-5H3,(H,29,35)(H,30,33)(H,31,34)/t22-,23-/m0/s1. The average Bonchev–Trinajstić information content (AvgIpc) is 2.84. The highest BCUT2D eigenvalue weighted by atomic mass is 16.5. The molecule has 1 heterocycles. The van der Waals surface area contributed by atoms with E-state index in [1.807, 2.05) is 27.7 Å². The van der Waals surface area contributed by atoms with Crippen molar-refractivity contribution in [3.63, 3.8) is 0 Å². The van der Waals surface area contributed by atoms with Crippen molar-refractivity contribution in [2.45, 2.75) is 78.3 Å². The van der Waals surface area contributed by atoms with E-state index in [1.165, 1.54) is 0 Å². The lowest BCUT2D eigenvalue weighted by Gasteiger charge is -2.27. The van der Waals surface area contributed by atoms with Gasteiger partial charge in [-0.1, -0.05) is 52.7 Å². The van der Waals surface area contributed by atoms with Crippen LogP contribution < -0.4 is 20.7 Å². The van der Waals surface area contributed by atoms with E-state index in [0.29, 0.717) is 37.4 Å². The maximum absolute atomic E-state index is 13.2. The van der Waals surface area contributed by atoms with E-state index >= 15 is 0 Å². The van der Waals surface area contributed by atoms with Crippen LogP contribution in [0.3, 0.4) is 0 Å². The zero-order valence-corrected chi connectivity index (χ0v) is 23.0. The fraction of sp³-hybridized carbons (Fsp3) is 0.643. The minimum absolute atomic E-state index is 0.148. The molecule has 0 spiro atoms. The molecule has 0 unspecified atom stereocenters. The Kier molecular flexibility index (Phi) is 12.4. The summed E-state index contributed by atoms with van der Waals surface area (Å²) in [6.45, 7) is 9.37. The third-order valence-corrected chi connectivity index (χ3v) is 6.19. The first-order valence-electron chi connectivity index (χ1n) is 13.4. The Bertz CT molecular complexity index is 918. The van der Waals surface area contributed by atoms with Crippen molar-refractivity contribution in [2.75, 3.05) is 26.7 Å². The fourth-order valence-electron chi connectivity index (χ4n) is 4.15. The van der Waals surface area contributed by atoms with Crippen molar-refractivity contribution >= 4 is 23.6 Å². The lowest BCUT2D eigenvalue weighted by atomic mass is 10.0. The van der Waals surface area contributed by atoms with E-state index < -0.39 is 29.8 Å². The number of nitrogens with zero attached hydrogens (tertiary/aromatic N) is 1. The maximum Gasteiger partial charge on any atom is 0.255 e. The zero-order valence-electron chi connectivity index (χ0n) is 23.0. The van der Waals surface area contributed by atoms with Crippen LogP contribution in [0, 0.1) is 11.8 Å². The summed E-state index contributed by atoms with van der Waals surface area (Å²) in [5.74, 6) is -0.743. The minimum Gasteiger partial charge on any atom is -0.493 e. The first kappa shape index (κ1) is 30.1. The molecule has 1 aromatic rings. The van der Waals surface area contributed by atoms with Gasteiger partial charge in [0.05, 0.1) is 18.6 Å². The van der Waals surface area contributed by atoms with Gasteiger partial charge in [0.15, 0.2) is 0 Å². The smallest absolute Gasteiger partial charge is 0.255 e. The zero-order chi connectivity index (χ0) is 27.4. The molecule has 2 atom stereocenters. The molecule has 9 nitrogen and oxygen atoms in total. The Balaban J connectivity index is 2.32. The van der Waals surface area contributed by atoms with Crippen molar-refractivity contribution in [1.82, 2.24) is 20.9 Å². The van der Waals surface area contributed by atoms with Crippen LogP contribution >= 0.6 is 0 Å². The summed E-state index contributed by atoms with van der Waals surface area (Å²) in [6, 6.07) is 5.09. The largest absolute Gasteiger partial charge is 0.493 e. The first-order chi connectivity index (χ1) is 17.6. The Labute approximate surface area is 221 Å². The van der Waals surface area contributed by atoms with Crippen LogP contribution in [0.25, 0.3) is 0 Å². The molecular formula is C28H44N4O5. The van der Waals surface area contributed by atoms with E-state index in [9.17, 15) is 19.2 Å². The SMILES string of the molecule is CC(C)CNC(=O)[C@@H]1CC(=O)N[C@@H](CC(C)C)C(=O)N(C)CCCCCCOc2ccccc2C(=O)N1. The number of likely N-dealkylation sites (N-methyl/N-ethyl adjacent to an activating group) is 1. The molecule has 0 saturated carbocycles. The number of ether oxygens (including phenoxy) is 1. The summed E-state index contributed by atoms with van der Waals surface area (Å²) in [4.78, 5) is 54.1. The number of carbonyl (C=O) groups is 4. The molecule has 0 aliphatic carbocycles. The van der Waals surface area contributed by atoms with Crippen molar-refractivity contribution in [2.24, 2.45) is 11.8 Å². The quantitative estimate of drug-likeness (QED) is 0.556. The van der Waals surface area contributed by atoms with Gasteiger partial charge < -0.3 is 25.6 Å². The molecule has 1 aromatic carbocycles. The summed E-state index contributed by atoms with van der Waals surface area (Å²) in [5.41, 5.74) is 0.306. The Morgan fingerprint density at radius 2 is 1.73 bits per heavy atom. The van der Waals surface area contributed by atoms with Gasteiger partial charge in [-0.3, -0.25) is 19.2 Å². The number of hydrogen-bond acceptors (Lipinski definition) is 5. The van der Waals surface area contributed by atoms with Gasteiger partial charge in [-0.15, -0.1) is 0 Å². The minimum atomic E-state index is -1.11. The van der Waals surface area contributed by atoms with Gasteiger partial charge in [0.1, 0.15) is 17.8 Å². The summed E-state index contributed by atoms with van der Waals surface area (Å²) >= 11 is 0. The summed E-state index contributed by atoms with van der Waals surface area (Å²) in [6.07, 6.45) is 3.74. The number of benzene rings is 1. The van der Waals surface area contributed by atoms with Crippen LogP contribution in [-0.2, 0) is 14.4 Å². The van der Waals surface area contributed by atoms with Gasteiger partial charge in [-0.05, 0) is 43.2 Å². The lowest BCUT2D eigenvalue weighted by Crippen LogP contribution is -2.52. The van der Waals surface area contributed by atoms with E-state index in [1.54, 1.807) is 36.2 Å². The number of carbonyl (C=O) groups excluding carboxylic acids is 4. The second kappa shape index (κ2) is 15.2. The summed E-state index contributed by atoms with van der Waals surface area (Å²) in [5, 5.41) is 8.35. The molecule has 0 radical (unpaired) electrons. The second-order valence-corrected chi connectivity index (χ2v) is 10.6. The molecule has 0 aromatic heterocycles. The molecule has 2 rings (SSSR count). The summed E-state index contributed by atoms with van der Waals surface area (Å²) < 4.78 is 5.88. The first-order valence-corrected chi connectivity index (χ1v) is 13.4. The average molecular weight is 517 g/mol. The normalized spacial score (nSPS) is 20.8. The molecule has 1 aliphatic rings. The molecule has 0 saturated heterocycles. The molecule has 4 amide bonds. The van der Waals surface area contributed by atoms with E-state index in [0.717, 1.165) is 25.7 Å². The number of fused-ring (bicyclic) bond motifs is 1. The van der Waals surface area contributed by atoms with E-state index in [4.69, 9.17) is 4.74 Å². The van der Waals surface area contributed by atoms with Crippen LogP contribution in [0.15, 0.2) is 24.3 Å². The van der Waals surface area contributed by atoms with Crippen LogP contribution in [0.4, 0.5) is 0 Å². The molecule has 206 valence electrons. The lowest BCUT2D eigenvalue weighted by molar-refractivity contribution is -0.136. The number of amides is 4. The Hall–Kier alpha value is -3.10. The van der Waals surface area contributed by atoms with Crippen LogP contribution in [0.2, 0.25) is 0 Å². The molecule has 0 bridgehead atoms. The maximum atomic E-state index is 13.2. The number of para-hydroxylation sites is 1. The summed E-state index contributed by atoms with van der Waals surface area (Å²) in [7, 11) is 1.75. The van der Waals surface area contributed by atoms with Gasteiger partial charge in [-0.25, -0.2) is 0 Å². The van der Waals surface area contributed by atoms with Crippen LogP contribution in [0.1, 0.15) is 76.6 Å². The van der Waals surface area contributed by atoms with Gasteiger partial charge in [0.25, 0.3) is 5.91 Å². The predicted octanol–water partition coefficient (Wildman–Crippen LogP) is 2.89. The predicted molar refractivity (Wildman–Crippen MR) is 143 cm³/mol. The number of rotatable bonds is 5. The molecule has 9 heteroatoms. The van der Waals surface area contributed by atoms with Gasteiger partial charge >= 0.3 is 0 Å². The highest BCUT2D eigenvalue weighted by Gasteiger charge is 2.29. The van der Waals surface area contributed by atoms with E-state index in [-0.39, 0.29) is 24.2 Å². The molecule has 1 aliphatic heterocycles. The van der Waals surface area contributed by atoms with Crippen LogP contribution in [0.5, 0.6) is 5.75 Å². The van der Waals surface area contributed by atoms with Crippen LogP contribution in [-0.4, -0.2) is 67.4 Å². The molecule has 3 N–H and O–H groups in total. The van der Waals surface area contributed by atoms with Crippen molar-refractivity contribution in [3.05, 3.63) is 29.8 Å². The second-order valence-electron chi connectivity index (χ2n) is 10.6. The van der Waals surface area contributed by atoms with Crippen molar-refractivity contribution < 1.29 is 23.9 Å². The Morgan fingerprint density at radius 3 is 2.43 bits per heavy atom. The monoisotopic (exact) mass is 516 g/mol. The van der Waals surface area contributed by atoms with E-state index in [2.05, 4.69) is 16.0 Å². The van der Waals surface area contributed by atoms with Crippen molar-refractivity contribution in [3.8, 4) is 5.75 Å². The van der Waals surface area contributed by atoms with Gasteiger partial charge in [-0.2, -0.15) is 0 Å². The topological polar surface area (TPSA) is 117 Å². The third kappa shape index (κ3) is 10.4. The Morgan fingerprint density at radius 1 is 1.03 bits per heavy atom. The molecular weight excluding hydrogens is 472 g/mol. The molecule has 37 heavy (non-hydrogen) atoms. The van der Waals surface area contributed by atoms with Gasteiger partial charge in [0.2, 0.25) is 17.7 Å². The molecule has 0 fully saturated rings. The highest BCUT2D eigenvalue weighted by Crippen LogP contribution is 2.19. The highest BCUT2D eigenvalue weighted by molar-refractivity contribution is 6.01. The fourth-order valence-corrected chi connectivity index (χ4v) is 4.15. The van der Waals surface area contributed by atoms with Gasteiger partial charge in [0, 0.05) is 20.1 Å². The van der Waals surface area contributed by atoms with Crippen molar-refractivity contribution in [1.29, 1.82) is 0 Å². The number of hydrogen-bond donors (Lipinski definition) is 3. The third-order valence-electron chi connectivity index (χ3n) is 6.19. The number of nitrogens with one attached hydrogen (secondary N) is 3.